The molecule has 1 aromatic carbocycles. The molecule has 1 aliphatic heterocycles. The number of carboxylic acids is 1. The number of fused-ring (bicyclic) bond motifs is 2. The lowest BCUT2D eigenvalue weighted by atomic mass is 9.80. The molecule has 5 nitrogen and oxygen atoms in total. The summed E-state index contributed by atoms with van der Waals surface area (Å²) in [6, 6.07) is 10.4. The van der Waals surface area contributed by atoms with E-state index < -0.39 is 5.97 Å². The van der Waals surface area contributed by atoms with E-state index in [1.54, 1.807) is 0 Å². The lowest BCUT2D eigenvalue weighted by molar-refractivity contribution is -0.137. The maximum Gasteiger partial charge on any atom is 0.457 e. The number of aliphatic hydroxyl groups is 1. The second-order valence-electron chi connectivity index (χ2n) is 9.73. The Labute approximate surface area is 199 Å². The van der Waals surface area contributed by atoms with Crippen LogP contribution in [-0.4, -0.2) is 41.6 Å². The van der Waals surface area contributed by atoms with Gasteiger partial charge in [-0.1, -0.05) is 62.2 Å². The molecule has 2 fully saturated rings. The zero-order chi connectivity index (χ0) is 23.5. The molecule has 0 radical (unpaired) electrons. The van der Waals surface area contributed by atoms with Gasteiger partial charge in [-0.15, -0.1) is 0 Å². The van der Waals surface area contributed by atoms with E-state index in [-0.39, 0.29) is 31.9 Å². The Morgan fingerprint density at radius 3 is 2.61 bits per heavy atom. The number of carboxylic acid groups (broad SMARTS) is 1. The third-order valence-electron chi connectivity index (χ3n) is 7.19. The molecule has 0 unspecified atom stereocenters. The highest BCUT2D eigenvalue weighted by Crippen LogP contribution is 2.45. The quantitative estimate of drug-likeness (QED) is 0.202. The summed E-state index contributed by atoms with van der Waals surface area (Å²) in [4.78, 5) is 10.7. The molecule has 1 saturated carbocycles. The Morgan fingerprint density at radius 1 is 1.12 bits per heavy atom. The zero-order valence-corrected chi connectivity index (χ0v) is 20.1. The maximum absolute atomic E-state index is 10.7. The number of aliphatic carboxylic acids is 1. The summed E-state index contributed by atoms with van der Waals surface area (Å²) in [5.41, 5.74) is 1.27. The number of aryl methyl sites for hydroxylation is 1. The van der Waals surface area contributed by atoms with Crippen LogP contribution in [0.1, 0.15) is 76.7 Å². The van der Waals surface area contributed by atoms with Crippen LogP contribution < -0.4 is 0 Å². The molecule has 182 valence electrons. The van der Waals surface area contributed by atoms with Crippen molar-refractivity contribution in [1.29, 1.82) is 0 Å². The van der Waals surface area contributed by atoms with Crippen molar-refractivity contribution in [2.24, 2.45) is 11.8 Å². The van der Waals surface area contributed by atoms with Gasteiger partial charge < -0.3 is 19.5 Å². The van der Waals surface area contributed by atoms with Crippen molar-refractivity contribution in [1.82, 2.24) is 0 Å². The first-order chi connectivity index (χ1) is 16.1. The van der Waals surface area contributed by atoms with E-state index in [0.717, 1.165) is 64.1 Å². The maximum atomic E-state index is 10.7. The van der Waals surface area contributed by atoms with Gasteiger partial charge in [-0.2, -0.15) is 0 Å². The van der Waals surface area contributed by atoms with Crippen LogP contribution in [0.15, 0.2) is 42.5 Å². The average molecular weight is 456 g/mol. The molecule has 1 saturated heterocycles. The van der Waals surface area contributed by atoms with E-state index in [0.29, 0.717) is 18.3 Å². The van der Waals surface area contributed by atoms with Crippen LogP contribution in [-0.2, 0) is 20.5 Å². The fourth-order valence-electron chi connectivity index (χ4n) is 5.35. The molecule has 5 atom stereocenters. The summed E-state index contributed by atoms with van der Waals surface area (Å²) in [7, 11) is -0.0937. The monoisotopic (exact) mass is 456 g/mol. The summed E-state index contributed by atoms with van der Waals surface area (Å²) in [5, 5.41) is 19.4. The first kappa shape index (κ1) is 26.0. The number of carbonyl (C=O) groups is 1. The second-order valence-corrected chi connectivity index (χ2v) is 9.73. The summed E-state index contributed by atoms with van der Waals surface area (Å²) in [6.07, 6.45) is 14.7. The highest BCUT2D eigenvalue weighted by Gasteiger charge is 2.49. The molecule has 2 aliphatic rings. The van der Waals surface area contributed by atoms with Crippen molar-refractivity contribution >= 4 is 13.1 Å². The predicted molar refractivity (Wildman–Crippen MR) is 132 cm³/mol. The van der Waals surface area contributed by atoms with Crippen LogP contribution in [0.25, 0.3) is 0 Å². The molecule has 2 bridgehead atoms. The normalized spacial score (nSPS) is 25.6. The third kappa shape index (κ3) is 8.58. The van der Waals surface area contributed by atoms with Gasteiger partial charge >= 0.3 is 13.1 Å². The molecule has 1 aliphatic carbocycles. The van der Waals surface area contributed by atoms with Gasteiger partial charge in [0.1, 0.15) is 0 Å². The molecule has 3 rings (SSSR count). The Kier molecular flexibility index (Phi) is 11.0. The van der Waals surface area contributed by atoms with Crippen LogP contribution in [0, 0.1) is 11.8 Å². The largest absolute Gasteiger partial charge is 0.481 e. The topological polar surface area (TPSA) is 76.0 Å². The second kappa shape index (κ2) is 13.9. The minimum atomic E-state index is -0.734. The van der Waals surface area contributed by atoms with Gasteiger partial charge in [-0.25, -0.2) is 0 Å². The fraction of sp³-hybridized carbons (Fsp3) is 0.667. The smallest absolute Gasteiger partial charge is 0.457 e. The van der Waals surface area contributed by atoms with Gasteiger partial charge in [0.2, 0.25) is 0 Å². The van der Waals surface area contributed by atoms with E-state index in [4.69, 9.17) is 14.4 Å². The van der Waals surface area contributed by atoms with Gasteiger partial charge in [0, 0.05) is 18.6 Å². The number of hydrogen-bond donors (Lipinski definition) is 2. The predicted octanol–water partition coefficient (Wildman–Crippen LogP) is 5.67. The molecule has 0 aromatic heterocycles. The molecule has 0 spiro atoms. The van der Waals surface area contributed by atoms with Crippen LogP contribution in [0.4, 0.5) is 0 Å². The Hall–Kier alpha value is -1.63. The van der Waals surface area contributed by atoms with Crippen LogP contribution in [0.5, 0.6) is 0 Å². The van der Waals surface area contributed by atoms with E-state index in [1.165, 1.54) is 5.56 Å². The van der Waals surface area contributed by atoms with Crippen LogP contribution in [0.2, 0.25) is 6.32 Å². The molecule has 1 aromatic rings. The third-order valence-corrected chi connectivity index (χ3v) is 7.19. The molecule has 0 amide bonds. The lowest BCUT2D eigenvalue weighted by Gasteiger charge is -2.28. The summed E-state index contributed by atoms with van der Waals surface area (Å²) >= 11 is 0. The van der Waals surface area contributed by atoms with E-state index in [1.807, 2.05) is 18.2 Å². The Balaban J connectivity index is 1.52. The number of allylic oxidation sites excluding steroid dienone is 2. The molecular weight excluding hydrogens is 415 g/mol. The van der Waals surface area contributed by atoms with Crippen molar-refractivity contribution in [3.05, 3.63) is 48.0 Å². The average Bonchev–Trinajstić information content (AvgIpc) is 3.06. The van der Waals surface area contributed by atoms with Crippen molar-refractivity contribution in [2.75, 3.05) is 0 Å². The van der Waals surface area contributed by atoms with Gasteiger partial charge in [0.25, 0.3) is 0 Å². The number of hydrogen-bond acceptors (Lipinski definition) is 4. The Bertz CT molecular complexity index is 724. The van der Waals surface area contributed by atoms with Gasteiger partial charge in [0.05, 0.1) is 6.10 Å². The molecule has 2 N–H and O–H groups in total. The zero-order valence-electron chi connectivity index (χ0n) is 20.1. The first-order valence-corrected chi connectivity index (χ1v) is 13.0. The highest BCUT2D eigenvalue weighted by atomic mass is 16.6. The minimum Gasteiger partial charge on any atom is -0.481 e. The number of aliphatic hydroxyl groups excluding tert-OH is 1. The van der Waals surface area contributed by atoms with E-state index in [9.17, 15) is 9.90 Å². The molecule has 1 heterocycles. The van der Waals surface area contributed by atoms with Crippen molar-refractivity contribution < 1.29 is 24.3 Å². The van der Waals surface area contributed by atoms with Crippen LogP contribution >= 0.6 is 0 Å². The van der Waals surface area contributed by atoms with Crippen molar-refractivity contribution in [2.45, 2.75) is 102 Å². The summed E-state index contributed by atoms with van der Waals surface area (Å²) in [6.45, 7) is 2.19. The number of benzene rings is 1. The van der Waals surface area contributed by atoms with E-state index in [2.05, 4.69) is 31.2 Å². The lowest BCUT2D eigenvalue weighted by Crippen LogP contribution is -2.37. The molecular formula is C27H41BO5. The standard InChI is InChI=1S/C27H41BO5/c1-2-3-19-28-32-25-20-26(33-28)24(23(25)13-9-4-5-10-14-27(30)31)18-17-22(29)16-15-21-11-7-6-8-12-21/h4,6-9,11-12,22-26,29H,2-3,5,10,13-20H2,1H3,(H,30,31)/b9-4+/t22-,23+,24+,25-,26+/m0/s1. The highest BCUT2D eigenvalue weighted by molar-refractivity contribution is 6.44. The van der Waals surface area contributed by atoms with Gasteiger partial charge in [-0.3, -0.25) is 4.79 Å². The van der Waals surface area contributed by atoms with E-state index >= 15 is 0 Å². The Morgan fingerprint density at radius 2 is 1.88 bits per heavy atom. The number of unbranched alkanes of at least 4 members (excludes halogenated alkanes) is 2. The summed E-state index contributed by atoms with van der Waals surface area (Å²) < 4.78 is 12.7. The van der Waals surface area contributed by atoms with Crippen molar-refractivity contribution in [3.63, 3.8) is 0 Å². The SMILES string of the molecule is CCCCB1O[C@H]2C[C@@H](O1)[C@H](CC[C@@H](O)CCc1ccccc1)[C@H]2C/C=C/CCCC(=O)O. The van der Waals surface area contributed by atoms with Crippen LogP contribution in [0.3, 0.4) is 0 Å². The molecule has 6 heteroatoms. The fourth-order valence-corrected chi connectivity index (χ4v) is 5.35. The molecule has 33 heavy (non-hydrogen) atoms. The summed E-state index contributed by atoms with van der Waals surface area (Å²) in [5.74, 6) is 0.0675. The van der Waals surface area contributed by atoms with Gasteiger partial charge in [0.15, 0.2) is 0 Å². The first-order valence-electron chi connectivity index (χ1n) is 13.0. The minimum absolute atomic E-state index is 0.0937. The van der Waals surface area contributed by atoms with Crippen molar-refractivity contribution in [3.8, 4) is 0 Å². The van der Waals surface area contributed by atoms with Gasteiger partial charge in [-0.05, 0) is 75.1 Å². The number of rotatable bonds is 15.